The quantitative estimate of drug-likeness (QED) is 0.484. The van der Waals surface area contributed by atoms with Crippen molar-refractivity contribution in [2.75, 3.05) is 0 Å². The van der Waals surface area contributed by atoms with Crippen molar-refractivity contribution in [3.8, 4) is 0 Å². The third-order valence-electron chi connectivity index (χ3n) is 0.865. The van der Waals surface area contributed by atoms with Gasteiger partial charge in [0.25, 0.3) is 0 Å². The van der Waals surface area contributed by atoms with Crippen molar-refractivity contribution in [2.24, 2.45) is 0 Å². The van der Waals surface area contributed by atoms with E-state index in [-0.39, 0.29) is 29.6 Å². The molecule has 0 aliphatic carbocycles. The van der Waals surface area contributed by atoms with Crippen LogP contribution in [0.5, 0.6) is 0 Å². The second-order valence-electron chi connectivity index (χ2n) is 2.66. The first-order valence-corrected chi connectivity index (χ1v) is 4.17. The van der Waals surface area contributed by atoms with Gasteiger partial charge in [-0.15, -0.1) is 0 Å². The fourth-order valence-corrected chi connectivity index (χ4v) is 0.932. The number of hydrogen-bond donors (Lipinski definition) is 0. The first-order valence-electron chi connectivity index (χ1n) is 2.39. The minimum atomic E-state index is -3.45. The van der Waals surface area contributed by atoms with E-state index in [4.69, 9.17) is 11.8 Å². The van der Waals surface area contributed by atoms with E-state index in [0.29, 0.717) is 0 Å². The van der Waals surface area contributed by atoms with Crippen LogP contribution in [0.25, 0.3) is 4.24 Å². The maximum atomic E-state index is 10.7. The molecule has 0 aliphatic heterocycles. The zero-order chi connectivity index (χ0) is 7.71. The second kappa shape index (κ2) is 4.28. The summed E-state index contributed by atoms with van der Waals surface area (Å²) in [4.78, 5) is 0. The summed E-state index contributed by atoms with van der Waals surface area (Å²) < 4.78 is 23.3. The second-order valence-corrected chi connectivity index (χ2v) is 5.38. The van der Waals surface area contributed by atoms with E-state index in [1.165, 1.54) is 20.8 Å². The molecule has 0 aliphatic rings. The van der Waals surface area contributed by atoms with Crippen LogP contribution >= 0.6 is 11.8 Å². The van der Waals surface area contributed by atoms with Crippen LogP contribution in [0.15, 0.2) is 0 Å². The van der Waals surface area contributed by atoms with E-state index < -0.39 is 14.8 Å². The summed E-state index contributed by atoms with van der Waals surface area (Å²) in [6, 6.07) is 0. The molecule has 0 saturated heterocycles. The zero-order valence-corrected chi connectivity index (χ0v) is 10.1. The Morgan fingerprint density at radius 1 is 1.30 bits per heavy atom. The number of rotatable bonds is 1. The Labute approximate surface area is 89.0 Å². The van der Waals surface area contributed by atoms with Crippen molar-refractivity contribution in [1.29, 1.82) is 0 Å². The van der Waals surface area contributed by atoms with Crippen LogP contribution in [0, 0.1) is 0 Å². The Morgan fingerprint density at radius 2 is 1.60 bits per heavy atom. The monoisotopic (exact) mass is 193 g/mol. The Hall–Kier alpha value is 1.20. The van der Waals surface area contributed by atoms with Gasteiger partial charge in [-0.25, -0.2) is 8.42 Å². The van der Waals surface area contributed by atoms with Crippen molar-refractivity contribution >= 4 is 21.8 Å². The summed E-state index contributed by atoms with van der Waals surface area (Å²) in [6.45, 7) is 4.61. The molecule has 0 fully saturated rings. The molecule has 0 N–H and O–H groups in total. The molecule has 0 radical (unpaired) electrons. The number of nitrogens with zero attached hydrogens (tertiary/aromatic N) is 1. The van der Waals surface area contributed by atoms with Gasteiger partial charge in [0.05, 0.1) is 10.0 Å². The molecule has 0 atom stereocenters. The summed E-state index contributed by atoms with van der Waals surface area (Å²) in [6.07, 6.45) is 0. The van der Waals surface area contributed by atoms with E-state index >= 15 is 0 Å². The molecular formula is C4H9ClNNaO2S. The van der Waals surface area contributed by atoms with E-state index in [2.05, 4.69) is 4.24 Å². The third kappa shape index (κ3) is 3.55. The van der Waals surface area contributed by atoms with Crippen molar-refractivity contribution in [2.45, 2.75) is 25.5 Å². The number of halogens is 1. The fraction of sp³-hybridized carbons (Fsp3) is 1.00. The minimum absolute atomic E-state index is 0. The van der Waals surface area contributed by atoms with Crippen molar-refractivity contribution in [3.05, 3.63) is 4.24 Å². The molecule has 0 saturated carbocycles. The van der Waals surface area contributed by atoms with E-state index in [9.17, 15) is 8.42 Å². The zero-order valence-electron chi connectivity index (χ0n) is 6.55. The van der Waals surface area contributed by atoms with Gasteiger partial charge in [0, 0.05) is 4.75 Å². The summed E-state index contributed by atoms with van der Waals surface area (Å²) >= 11 is 4.81. The largest absolute Gasteiger partial charge is 1.00 e. The average Bonchev–Trinajstić information content (AvgIpc) is 1.64. The van der Waals surface area contributed by atoms with Crippen LogP contribution in [0.1, 0.15) is 20.8 Å². The SMILES string of the molecule is CC(C)(C)S(=O)(=O)[N-]Cl.[Na+]. The molecule has 0 aromatic carbocycles. The molecule has 0 heterocycles. The summed E-state index contributed by atoms with van der Waals surface area (Å²) in [5, 5.41) is 0. The summed E-state index contributed by atoms with van der Waals surface area (Å²) in [5.41, 5.74) is 0. The summed E-state index contributed by atoms with van der Waals surface area (Å²) in [7, 11) is -3.45. The van der Waals surface area contributed by atoms with Gasteiger partial charge in [-0.1, -0.05) is 0 Å². The van der Waals surface area contributed by atoms with Crippen LogP contribution in [-0.2, 0) is 10.0 Å². The van der Waals surface area contributed by atoms with Gasteiger partial charge >= 0.3 is 29.6 Å². The van der Waals surface area contributed by atoms with Crippen molar-refractivity contribution in [1.82, 2.24) is 0 Å². The Morgan fingerprint density at radius 3 is 1.60 bits per heavy atom. The van der Waals surface area contributed by atoms with Crippen molar-refractivity contribution < 1.29 is 38.0 Å². The standard InChI is InChI=1S/C4H9ClNO2S.Na/c1-4(2,3)9(7,8)6-5;/h1-3H3;/q-1;+1. The summed E-state index contributed by atoms with van der Waals surface area (Å²) in [5.74, 6) is 0. The molecule has 0 spiro atoms. The third-order valence-corrected chi connectivity index (χ3v) is 3.14. The van der Waals surface area contributed by atoms with Gasteiger partial charge in [-0.05, 0) is 20.8 Å². The van der Waals surface area contributed by atoms with E-state index in [1.54, 1.807) is 0 Å². The van der Waals surface area contributed by atoms with Crippen LogP contribution < -0.4 is 29.6 Å². The number of hydrogen-bond acceptors (Lipinski definition) is 2. The van der Waals surface area contributed by atoms with E-state index in [0.717, 1.165) is 0 Å². The minimum Gasteiger partial charge on any atom is -0.462 e. The van der Waals surface area contributed by atoms with Gasteiger partial charge in [-0.3, -0.25) is 11.8 Å². The normalized spacial score (nSPS) is 12.4. The van der Waals surface area contributed by atoms with Gasteiger partial charge in [0.15, 0.2) is 0 Å². The number of sulfonamides is 1. The van der Waals surface area contributed by atoms with Gasteiger partial charge < -0.3 is 4.24 Å². The maximum absolute atomic E-state index is 10.7. The molecular weight excluding hydrogens is 185 g/mol. The molecule has 0 aromatic heterocycles. The maximum Gasteiger partial charge on any atom is 1.00 e. The average molecular weight is 194 g/mol. The van der Waals surface area contributed by atoms with E-state index in [1.807, 2.05) is 0 Å². The van der Waals surface area contributed by atoms with Gasteiger partial charge in [-0.2, -0.15) is 0 Å². The van der Waals surface area contributed by atoms with Gasteiger partial charge in [0.2, 0.25) is 0 Å². The van der Waals surface area contributed by atoms with Crippen LogP contribution in [0.3, 0.4) is 0 Å². The first kappa shape index (κ1) is 13.8. The first-order chi connectivity index (χ1) is 3.81. The van der Waals surface area contributed by atoms with Crippen LogP contribution in [0.4, 0.5) is 0 Å². The van der Waals surface area contributed by atoms with Crippen LogP contribution in [-0.4, -0.2) is 13.2 Å². The molecule has 0 bridgehead atoms. The Bertz CT molecular complexity index is 184. The molecule has 10 heavy (non-hydrogen) atoms. The molecule has 0 unspecified atom stereocenters. The topological polar surface area (TPSA) is 48.2 Å². The molecule has 0 aromatic rings. The molecule has 56 valence electrons. The smallest absolute Gasteiger partial charge is 0.462 e. The molecule has 0 amide bonds. The Kier molecular flexibility index (Phi) is 5.89. The predicted molar refractivity (Wildman–Crippen MR) is 37.9 cm³/mol. The molecule has 6 heteroatoms. The van der Waals surface area contributed by atoms with Gasteiger partial charge in [0.1, 0.15) is 0 Å². The fourth-order valence-electron chi connectivity index (χ4n) is 0.104. The molecule has 0 rings (SSSR count). The Balaban J connectivity index is 0. The predicted octanol–water partition coefficient (Wildman–Crippen LogP) is -1.35. The van der Waals surface area contributed by atoms with Crippen molar-refractivity contribution in [3.63, 3.8) is 0 Å². The van der Waals surface area contributed by atoms with Crippen LogP contribution in [0.2, 0.25) is 0 Å². The molecule has 3 nitrogen and oxygen atoms in total.